The summed E-state index contributed by atoms with van der Waals surface area (Å²) < 4.78 is 0.966. The highest BCUT2D eigenvalue weighted by molar-refractivity contribution is 9.10. The summed E-state index contributed by atoms with van der Waals surface area (Å²) in [6, 6.07) is 14.1. The fourth-order valence-corrected chi connectivity index (χ4v) is 2.21. The summed E-state index contributed by atoms with van der Waals surface area (Å²) >= 11 is 3.36. The number of anilines is 1. The molecule has 1 unspecified atom stereocenters. The van der Waals surface area contributed by atoms with Gasteiger partial charge >= 0.3 is 0 Å². The molecule has 2 aromatic rings. The van der Waals surface area contributed by atoms with E-state index in [4.69, 9.17) is 0 Å². The summed E-state index contributed by atoms with van der Waals surface area (Å²) in [5.74, 6) is 1.14. The zero-order chi connectivity index (χ0) is 13.5. The molecule has 1 atom stereocenters. The summed E-state index contributed by atoms with van der Waals surface area (Å²) in [5, 5.41) is 12.5. The minimum atomic E-state index is 0.189. The van der Waals surface area contributed by atoms with Gasteiger partial charge in [0.05, 0.1) is 0 Å². The number of halogens is 1. The van der Waals surface area contributed by atoms with Gasteiger partial charge in [-0.15, -0.1) is 0 Å². The van der Waals surface area contributed by atoms with Gasteiger partial charge in [0.15, 0.2) is 0 Å². The molecule has 0 saturated carbocycles. The third kappa shape index (κ3) is 4.33. The van der Waals surface area contributed by atoms with E-state index in [-0.39, 0.29) is 12.5 Å². The van der Waals surface area contributed by atoms with Crippen molar-refractivity contribution in [3.8, 4) is 0 Å². The largest absolute Gasteiger partial charge is 0.396 e. The molecule has 0 bridgehead atoms. The van der Waals surface area contributed by atoms with E-state index in [1.807, 2.05) is 30.3 Å². The highest BCUT2D eigenvalue weighted by Crippen LogP contribution is 2.20. The first-order valence-electron chi connectivity index (χ1n) is 6.31. The van der Waals surface area contributed by atoms with Crippen LogP contribution in [0, 0.1) is 0 Å². The standard InChI is InChI=1S/C15H17BrN2O/c16-14-6-7-15(18-11-14)17-10-13(8-9-19)12-4-2-1-3-5-12/h1-7,11,13,19H,8-10H2,(H,17,18). The van der Waals surface area contributed by atoms with Gasteiger partial charge in [-0.25, -0.2) is 4.98 Å². The van der Waals surface area contributed by atoms with E-state index in [2.05, 4.69) is 38.4 Å². The van der Waals surface area contributed by atoms with Gasteiger partial charge in [-0.1, -0.05) is 30.3 Å². The van der Waals surface area contributed by atoms with E-state index in [0.29, 0.717) is 0 Å². The van der Waals surface area contributed by atoms with Crippen LogP contribution in [0.2, 0.25) is 0 Å². The fourth-order valence-electron chi connectivity index (χ4n) is 1.98. The zero-order valence-corrected chi connectivity index (χ0v) is 12.2. The zero-order valence-electron chi connectivity index (χ0n) is 10.6. The van der Waals surface area contributed by atoms with Crippen LogP contribution in [0.15, 0.2) is 53.1 Å². The van der Waals surface area contributed by atoms with Crippen molar-refractivity contribution in [3.05, 3.63) is 58.7 Å². The molecule has 0 fully saturated rings. The molecule has 2 rings (SSSR count). The van der Waals surface area contributed by atoms with Crippen LogP contribution in [-0.4, -0.2) is 23.2 Å². The van der Waals surface area contributed by atoms with Gasteiger partial charge < -0.3 is 10.4 Å². The van der Waals surface area contributed by atoms with Crippen LogP contribution in [0.1, 0.15) is 17.9 Å². The number of hydrogen-bond donors (Lipinski definition) is 2. The third-order valence-corrected chi connectivity index (χ3v) is 3.47. The van der Waals surface area contributed by atoms with E-state index in [1.54, 1.807) is 6.20 Å². The number of hydrogen-bond acceptors (Lipinski definition) is 3. The SMILES string of the molecule is OCCC(CNc1ccc(Br)cn1)c1ccccc1. The fraction of sp³-hybridized carbons (Fsp3) is 0.267. The van der Waals surface area contributed by atoms with Gasteiger partial charge in [0.2, 0.25) is 0 Å². The van der Waals surface area contributed by atoms with Crippen LogP contribution < -0.4 is 5.32 Å². The Hall–Kier alpha value is -1.39. The first-order chi connectivity index (χ1) is 9.29. The van der Waals surface area contributed by atoms with Gasteiger partial charge in [0.25, 0.3) is 0 Å². The molecule has 2 N–H and O–H groups in total. The van der Waals surface area contributed by atoms with Gasteiger partial charge in [-0.3, -0.25) is 0 Å². The van der Waals surface area contributed by atoms with Crippen molar-refractivity contribution in [3.63, 3.8) is 0 Å². The lowest BCUT2D eigenvalue weighted by molar-refractivity contribution is 0.277. The predicted molar refractivity (Wildman–Crippen MR) is 81.3 cm³/mol. The molecule has 0 aliphatic heterocycles. The second-order valence-corrected chi connectivity index (χ2v) is 5.28. The number of nitrogens with one attached hydrogen (secondary N) is 1. The van der Waals surface area contributed by atoms with E-state index < -0.39 is 0 Å². The monoisotopic (exact) mass is 320 g/mol. The summed E-state index contributed by atoms with van der Waals surface area (Å²) in [6.07, 6.45) is 2.51. The molecule has 4 heteroatoms. The lowest BCUT2D eigenvalue weighted by Crippen LogP contribution is -2.14. The quantitative estimate of drug-likeness (QED) is 0.857. The Morgan fingerprint density at radius 2 is 1.95 bits per heavy atom. The van der Waals surface area contributed by atoms with Crippen molar-refractivity contribution < 1.29 is 5.11 Å². The molecule has 0 spiro atoms. The lowest BCUT2D eigenvalue weighted by atomic mass is 9.96. The normalized spacial score (nSPS) is 12.1. The Labute approximate surface area is 121 Å². The molecular weight excluding hydrogens is 304 g/mol. The van der Waals surface area contributed by atoms with Crippen molar-refractivity contribution >= 4 is 21.7 Å². The van der Waals surface area contributed by atoms with Crippen LogP contribution in [-0.2, 0) is 0 Å². The van der Waals surface area contributed by atoms with Crippen molar-refractivity contribution in [2.75, 3.05) is 18.5 Å². The number of rotatable bonds is 6. The Balaban J connectivity index is 1.99. The molecule has 0 amide bonds. The van der Waals surface area contributed by atoms with Gasteiger partial charge in [-0.2, -0.15) is 0 Å². The van der Waals surface area contributed by atoms with Crippen LogP contribution in [0.5, 0.6) is 0 Å². The van der Waals surface area contributed by atoms with E-state index in [1.165, 1.54) is 5.56 Å². The number of aliphatic hydroxyl groups excluding tert-OH is 1. The number of benzene rings is 1. The number of aliphatic hydroxyl groups is 1. The van der Waals surface area contributed by atoms with Crippen molar-refractivity contribution in [1.29, 1.82) is 0 Å². The average molecular weight is 321 g/mol. The second-order valence-electron chi connectivity index (χ2n) is 4.36. The van der Waals surface area contributed by atoms with Crippen molar-refractivity contribution in [2.45, 2.75) is 12.3 Å². The van der Waals surface area contributed by atoms with Crippen molar-refractivity contribution in [1.82, 2.24) is 4.98 Å². The molecule has 0 aliphatic carbocycles. The first kappa shape index (κ1) is 14.0. The highest BCUT2D eigenvalue weighted by Gasteiger charge is 2.10. The Morgan fingerprint density at radius 3 is 2.58 bits per heavy atom. The van der Waals surface area contributed by atoms with Crippen molar-refractivity contribution in [2.24, 2.45) is 0 Å². The van der Waals surface area contributed by atoms with Crippen LogP contribution in [0.4, 0.5) is 5.82 Å². The maximum absolute atomic E-state index is 9.18. The van der Waals surface area contributed by atoms with E-state index in [0.717, 1.165) is 23.3 Å². The van der Waals surface area contributed by atoms with Gasteiger partial charge in [-0.05, 0) is 40.0 Å². The molecule has 0 aliphatic rings. The Bertz CT molecular complexity index is 487. The molecule has 1 aromatic carbocycles. The molecule has 0 saturated heterocycles. The maximum Gasteiger partial charge on any atom is 0.125 e. The Kier molecular flexibility index (Phi) is 5.36. The second kappa shape index (κ2) is 7.26. The average Bonchev–Trinajstić information content (AvgIpc) is 2.46. The molecule has 19 heavy (non-hydrogen) atoms. The number of nitrogens with zero attached hydrogens (tertiary/aromatic N) is 1. The number of aromatic nitrogens is 1. The molecule has 1 aromatic heterocycles. The first-order valence-corrected chi connectivity index (χ1v) is 7.10. The molecular formula is C15H17BrN2O. The summed E-state index contributed by atoms with van der Waals surface area (Å²) in [4.78, 5) is 4.28. The summed E-state index contributed by atoms with van der Waals surface area (Å²) in [7, 11) is 0. The molecule has 1 heterocycles. The number of pyridine rings is 1. The summed E-state index contributed by atoms with van der Waals surface area (Å²) in [6.45, 7) is 0.953. The van der Waals surface area contributed by atoms with Crippen LogP contribution >= 0.6 is 15.9 Å². The van der Waals surface area contributed by atoms with Crippen LogP contribution in [0.3, 0.4) is 0 Å². The third-order valence-electron chi connectivity index (χ3n) is 3.01. The summed E-state index contributed by atoms with van der Waals surface area (Å²) in [5.41, 5.74) is 1.24. The van der Waals surface area contributed by atoms with Gasteiger partial charge in [0, 0.05) is 29.7 Å². The topological polar surface area (TPSA) is 45.1 Å². The highest BCUT2D eigenvalue weighted by atomic mass is 79.9. The molecule has 100 valence electrons. The minimum absolute atomic E-state index is 0.189. The van der Waals surface area contributed by atoms with Gasteiger partial charge in [0.1, 0.15) is 5.82 Å². The maximum atomic E-state index is 9.18. The van der Waals surface area contributed by atoms with E-state index >= 15 is 0 Å². The Morgan fingerprint density at radius 1 is 1.16 bits per heavy atom. The predicted octanol–water partition coefficient (Wildman–Crippen LogP) is 3.42. The lowest BCUT2D eigenvalue weighted by Gasteiger charge is -2.17. The minimum Gasteiger partial charge on any atom is -0.396 e. The van der Waals surface area contributed by atoms with Crippen LogP contribution in [0.25, 0.3) is 0 Å². The molecule has 0 radical (unpaired) electrons. The molecule has 3 nitrogen and oxygen atoms in total. The van der Waals surface area contributed by atoms with E-state index in [9.17, 15) is 5.11 Å². The smallest absolute Gasteiger partial charge is 0.125 e.